The van der Waals surface area contributed by atoms with Gasteiger partial charge in [0.1, 0.15) is 0 Å². The molecule has 1 aliphatic rings. The molecule has 28 heavy (non-hydrogen) atoms. The average molecular weight is 372 g/mol. The third-order valence-electron chi connectivity index (χ3n) is 5.25. The molecule has 5 rings (SSSR count). The molecular weight excluding hydrogens is 352 g/mol. The second kappa shape index (κ2) is 6.64. The number of hydrogen-bond donors (Lipinski definition) is 0. The van der Waals surface area contributed by atoms with Gasteiger partial charge in [0.25, 0.3) is 5.56 Å². The lowest BCUT2D eigenvalue weighted by atomic mass is 10.2. The van der Waals surface area contributed by atoms with Crippen LogP contribution >= 0.6 is 0 Å². The van der Waals surface area contributed by atoms with E-state index in [1.54, 1.807) is 10.9 Å². The first-order valence-electron chi connectivity index (χ1n) is 9.52. The van der Waals surface area contributed by atoms with Crippen LogP contribution in [0.25, 0.3) is 16.9 Å². The Balaban J connectivity index is 1.76. The normalized spacial score (nSPS) is 13.9. The van der Waals surface area contributed by atoms with Crippen LogP contribution in [0, 0.1) is 5.92 Å². The zero-order chi connectivity index (χ0) is 19.1. The van der Waals surface area contributed by atoms with Crippen molar-refractivity contribution in [2.24, 2.45) is 5.92 Å². The summed E-state index contributed by atoms with van der Waals surface area (Å²) in [6.45, 7) is 1.000. The maximum Gasteiger partial charge on any atom is 0.337 e. The second-order valence-corrected chi connectivity index (χ2v) is 7.34. The molecule has 1 saturated carbocycles. The smallest absolute Gasteiger partial charge is 0.320 e. The van der Waals surface area contributed by atoms with E-state index in [0.717, 1.165) is 18.4 Å². The van der Waals surface area contributed by atoms with Gasteiger partial charge in [0.15, 0.2) is 11.2 Å². The van der Waals surface area contributed by atoms with Gasteiger partial charge in [0, 0.05) is 13.1 Å². The maximum atomic E-state index is 13.3. The monoisotopic (exact) mass is 372 g/mol. The number of hydrogen-bond acceptors (Lipinski definition) is 3. The number of rotatable bonds is 5. The summed E-state index contributed by atoms with van der Waals surface area (Å²) in [4.78, 5) is 30.9. The fourth-order valence-electron chi connectivity index (χ4n) is 3.61. The highest BCUT2D eigenvalue weighted by Crippen LogP contribution is 2.29. The molecule has 0 N–H and O–H groups in total. The molecule has 1 fully saturated rings. The van der Waals surface area contributed by atoms with Gasteiger partial charge in [-0.3, -0.25) is 9.36 Å². The van der Waals surface area contributed by atoms with Gasteiger partial charge in [0.2, 0.25) is 0 Å². The van der Waals surface area contributed by atoms with Crippen LogP contribution in [0.4, 0.5) is 0 Å². The molecule has 2 aromatic carbocycles. The van der Waals surface area contributed by atoms with Crippen molar-refractivity contribution in [3.05, 3.63) is 93.4 Å². The van der Waals surface area contributed by atoms with Gasteiger partial charge in [-0.2, -0.15) is 0 Å². The van der Waals surface area contributed by atoms with Crippen LogP contribution in [0.2, 0.25) is 0 Å². The van der Waals surface area contributed by atoms with E-state index in [9.17, 15) is 9.59 Å². The van der Waals surface area contributed by atoms with E-state index in [-0.39, 0.29) is 11.2 Å². The fraction of sp³-hybridized carbons (Fsp3) is 0.227. The van der Waals surface area contributed by atoms with Crippen molar-refractivity contribution in [3.63, 3.8) is 0 Å². The summed E-state index contributed by atoms with van der Waals surface area (Å²) in [6.07, 6.45) is 3.79. The molecule has 0 saturated heterocycles. The molecule has 0 spiro atoms. The summed E-state index contributed by atoms with van der Waals surface area (Å²) in [6, 6.07) is 19.3. The van der Waals surface area contributed by atoms with Gasteiger partial charge in [0.05, 0.1) is 12.0 Å². The van der Waals surface area contributed by atoms with Crippen LogP contribution in [0.15, 0.2) is 76.6 Å². The zero-order valence-corrected chi connectivity index (χ0v) is 15.4. The minimum Gasteiger partial charge on any atom is -0.320 e. The van der Waals surface area contributed by atoms with Gasteiger partial charge in [-0.05, 0) is 36.5 Å². The van der Waals surface area contributed by atoms with E-state index >= 15 is 0 Å². The Kier molecular flexibility index (Phi) is 3.97. The lowest BCUT2D eigenvalue weighted by molar-refractivity contribution is 0.567. The molecule has 140 valence electrons. The van der Waals surface area contributed by atoms with E-state index < -0.39 is 0 Å². The van der Waals surface area contributed by atoms with Crippen LogP contribution in [-0.4, -0.2) is 18.7 Å². The van der Waals surface area contributed by atoms with Crippen molar-refractivity contribution in [1.82, 2.24) is 18.7 Å². The molecule has 0 radical (unpaired) electrons. The van der Waals surface area contributed by atoms with Crippen LogP contribution in [0.1, 0.15) is 18.4 Å². The quantitative estimate of drug-likeness (QED) is 0.541. The number of fused-ring (bicyclic) bond motifs is 1. The second-order valence-electron chi connectivity index (χ2n) is 7.34. The first-order chi connectivity index (χ1) is 13.7. The Hall–Kier alpha value is -3.41. The highest BCUT2D eigenvalue weighted by molar-refractivity contribution is 5.72. The summed E-state index contributed by atoms with van der Waals surface area (Å²) in [7, 11) is 0. The number of nitrogens with zero attached hydrogens (tertiary/aromatic N) is 4. The van der Waals surface area contributed by atoms with Crippen LogP contribution < -0.4 is 11.2 Å². The standard InChI is InChI=1S/C22H20N4O2/c27-21-19-20(23-15-24(19)13-16-7-3-1-4-8-16)26(18-9-5-2-6-10-18)22(28)25(21)14-17-11-12-17/h1-10,15,17H,11-14H2. The number of para-hydroxylation sites is 1. The van der Waals surface area contributed by atoms with Crippen LogP contribution in [-0.2, 0) is 13.1 Å². The Morgan fingerprint density at radius 2 is 1.61 bits per heavy atom. The first-order valence-corrected chi connectivity index (χ1v) is 9.52. The summed E-state index contributed by atoms with van der Waals surface area (Å²) in [5.41, 5.74) is 2.09. The Labute approximate surface area is 161 Å². The van der Waals surface area contributed by atoms with E-state index in [4.69, 9.17) is 0 Å². The van der Waals surface area contributed by atoms with Crippen molar-refractivity contribution in [3.8, 4) is 5.69 Å². The predicted molar refractivity (Wildman–Crippen MR) is 108 cm³/mol. The molecule has 0 amide bonds. The summed E-state index contributed by atoms with van der Waals surface area (Å²) < 4.78 is 4.78. The summed E-state index contributed by atoms with van der Waals surface area (Å²) >= 11 is 0. The minimum atomic E-state index is -0.319. The highest BCUT2D eigenvalue weighted by Gasteiger charge is 2.26. The molecule has 0 atom stereocenters. The average Bonchev–Trinajstić information content (AvgIpc) is 3.46. The molecule has 4 aromatic rings. The highest BCUT2D eigenvalue weighted by atomic mass is 16.2. The molecule has 2 aromatic heterocycles. The van der Waals surface area contributed by atoms with Gasteiger partial charge in [-0.25, -0.2) is 14.3 Å². The van der Waals surface area contributed by atoms with E-state index in [1.165, 1.54) is 4.57 Å². The number of aromatic nitrogens is 4. The summed E-state index contributed by atoms with van der Waals surface area (Å²) in [5, 5.41) is 0. The first kappa shape index (κ1) is 16.7. The van der Waals surface area contributed by atoms with Gasteiger partial charge in [-0.15, -0.1) is 0 Å². The zero-order valence-electron chi connectivity index (χ0n) is 15.4. The third-order valence-corrected chi connectivity index (χ3v) is 5.25. The fourth-order valence-corrected chi connectivity index (χ4v) is 3.61. The van der Waals surface area contributed by atoms with Crippen LogP contribution in [0.3, 0.4) is 0 Å². The molecule has 0 unspecified atom stereocenters. The molecule has 0 bridgehead atoms. The van der Waals surface area contributed by atoms with Gasteiger partial charge < -0.3 is 4.57 Å². The lowest BCUT2D eigenvalue weighted by Gasteiger charge is -2.12. The number of imidazole rings is 1. The van der Waals surface area contributed by atoms with Crippen molar-refractivity contribution < 1.29 is 0 Å². The van der Waals surface area contributed by atoms with Crippen LogP contribution in [0.5, 0.6) is 0 Å². The largest absolute Gasteiger partial charge is 0.337 e. The SMILES string of the molecule is O=c1c2c(ncn2Cc2ccccc2)n(-c2ccccc2)c(=O)n1CC1CC1. The Morgan fingerprint density at radius 1 is 0.929 bits per heavy atom. The molecule has 0 aliphatic heterocycles. The lowest BCUT2D eigenvalue weighted by Crippen LogP contribution is -2.40. The van der Waals surface area contributed by atoms with E-state index in [2.05, 4.69) is 4.98 Å². The minimum absolute atomic E-state index is 0.257. The van der Waals surface area contributed by atoms with E-state index in [1.807, 2.05) is 65.2 Å². The van der Waals surface area contributed by atoms with Crippen molar-refractivity contribution in [2.45, 2.75) is 25.9 Å². The van der Waals surface area contributed by atoms with Crippen molar-refractivity contribution in [1.29, 1.82) is 0 Å². The summed E-state index contributed by atoms with van der Waals surface area (Å²) in [5.74, 6) is 0.414. The van der Waals surface area contributed by atoms with Gasteiger partial charge in [-0.1, -0.05) is 48.5 Å². The molecule has 6 nitrogen and oxygen atoms in total. The number of benzene rings is 2. The van der Waals surface area contributed by atoms with E-state index in [0.29, 0.717) is 35.9 Å². The topological polar surface area (TPSA) is 61.8 Å². The Bertz CT molecular complexity index is 1250. The van der Waals surface area contributed by atoms with Gasteiger partial charge >= 0.3 is 5.69 Å². The molecule has 1 aliphatic carbocycles. The third kappa shape index (κ3) is 2.87. The predicted octanol–water partition coefficient (Wildman–Crippen LogP) is 2.81. The molecular formula is C22H20N4O2. The molecule has 6 heteroatoms. The van der Waals surface area contributed by atoms with Crippen molar-refractivity contribution >= 4 is 11.2 Å². The maximum absolute atomic E-state index is 13.3. The molecule has 2 heterocycles. The Morgan fingerprint density at radius 3 is 2.29 bits per heavy atom. The van der Waals surface area contributed by atoms with Crippen molar-refractivity contribution in [2.75, 3.05) is 0 Å².